The van der Waals surface area contributed by atoms with Crippen LogP contribution in [0, 0.1) is 5.92 Å². The van der Waals surface area contributed by atoms with Gasteiger partial charge in [0.15, 0.2) is 0 Å². The summed E-state index contributed by atoms with van der Waals surface area (Å²) in [6.07, 6.45) is 17.1. The zero-order chi connectivity index (χ0) is 25.8. The van der Waals surface area contributed by atoms with Crippen molar-refractivity contribution < 1.29 is 9.59 Å². The van der Waals surface area contributed by atoms with E-state index >= 15 is 0 Å². The Morgan fingerprint density at radius 2 is 1.56 bits per heavy atom. The second-order valence-electron chi connectivity index (χ2n) is 11.2. The third-order valence-corrected chi connectivity index (χ3v) is 8.84. The van der Waals surface area contributed by atoms with Crippen molar-refractivity contribution in [1.29, 1.82) is 0 Å². The number of fused-ring (bicyclic) bond motifs is 1. The predicted octanol–water partition coefficient (Wildman–Crippen LogP) is 6.14. The standard InChI is InChI=1S/C16H28N2O.C7H11NO.C6H6.C2H6/c1-17(12-13-5-2-6-13)14-7-3-9-16(19)18-10-4-8-15(18)11-14;9-6-8-5-1-2-7(8)3-4-7;1-2-4-6-5-3-1;1-2/h13-15H,2-12H2,1H3;6H,1-5H2;1-6H;1-2H3/t14?,15-;;;/m1.../s1. The van der Waals surface area contributed by atoms with Gasteiger partial charge in [-0.1, -0.05) is 56.7 Å². The summed E-state index contributed by atoms with van der Waals surface area (Å²) in [6.45, 7) is 7.30. The van der Waals surface area contributed by atoms with Crippen LogP contribution in [0.25, 0.3) is 0 Å². The maximum Gasteiger partial charge on any atom is 0.222 e. The lowest BCUT2D eigenvalue weighted by atomic mass is 9.84. The molecular weight excluding hydrogens is 446 g/mol. The van der Waals surface area contributed by atoms with Crippen LogP contribution in [0.1, 0.15) is 97.3 Å². The second kappa shape index (κ2) is 14.8. The van der Waals surface area contributed by atoms with E-state index in [1.807, 2.05) is 55.1 Å². The van der Waals surface area contributed by atoms with Gasteiger partial charge >= 0.3 is 0 Å². The molecule has 3 heterocycles. The number of hydrogen-bond acceptors (Lipinski definition) is 3. The van der Waals surface area contributed by atoms with Crippen molar-refractivity contribution in [2.75, 3.05) is 26.7 Å². The van der Waals surface area contributed by atoms with Crippen molar-refractivity contribution in [2.24, 2.45) is 5.92 Å². The maximum absolute atomic E-state index is 12.1. The third-order valence-electron chi connectivity index (χ3n) is 8.84. The molecule has 2 atom stereocenters. The molecule has 36 heavy (non-hydrogen) atoms. The van der Waals surface area contributed by atoms with E-state index < -0.39 is 0 Å². The molecule has 1 unspecified atom stereocenters. The number of rotatable bonds is 4. The van der Waals surface area contributed by atoms with E-state index in [2.05, 4.69) is 16.8 Å². The van der Waals surface area contributed by atoms with Crippen molar-refractivity contribution in [1.82, 2.24) is 14.7 Å². The smallest absolute Gasteiger partial charge is 0.222 e. The number of benzene rings is 1. The summed E-state index contributed by atoms with van der Waals surface area (Å²) in [5.74, 6) is 1.37. The SMILES string of the molecule is CC.CN(CC1CCC1)C1CCCC(=O)N2CCC[C@@H]2C1.O=CN1CCCC12CC2.c1ccccc1. The van der Waals surface area contributed by atoms with Crippen LogP contribution in [-0.4, -0.2) is 71.3 Å². The van der Waals surface area contributed by atoms with Crippen LogP contribution in [0.5, 0.6) is 0 Å². The number of carbonyl (C=O) groups is 2. The lowest BCUT2D eigenvalue weighted by Gasteiger charge is -2.38. The molecule has 5 heteroatoms. The summed E-state index contributed by atoms with van der Waals surface area (Å²) in [4.78, 5) is 29.2. The summed E-state index contributed by atoms with van der Waals surface area (Å²) in [5.41, 5.74) is 0.377. The predicted molar refractivity (Wildman–Crippen MR) is 149 cm³/mol. The molecule has 2 amide bonds. The molecule has 0 aromatic heterocycles. The van der Waals surface area contributed by atoms with Gasteiger partial charge in [-0.25, -0.2) is 0 Å². The van der Waals surface area contributed by atoms with E-state index in [0.717, 1.165) is 38.3 Å². The van der Waals surface area contributed by atoms with Crippen LogP contribution in [0.15, 0.2) is 36.4 Å². The van der Waals surface area contributed by atoms with E-state index in [9.17, 15) is 9.59 Å². The van der Waals surface area contributed by atoms with E-state index in [-0.39, 0.29) is 0 Å². The van der Waals surface area contributed by atoms with Crippen molar-refractivity contribution in [3.63, 3.8) is 0 Å². The highest BCUT2D eigenvalue weighted by atomic mass is 16.2. The van der Waals surface area contributed by atoms with Gasteiger partial charge in [0.25, 0.3) is 0 Å². The lowest BCUT2D eigenvalue weighted by Crippen LogP contribution is -2.45. The molecule has 0 bridgehead atoms. The van der Waals surface area contributed by atoms with Gasteiger partial charge in [-0.05, 0) is 83.6 Å². The molecule has 5 aliphatic rings. The van der Waals surface area contributed by atoms with Gasteiger partial charge in [0.05, 0.1) is 0 Å². The Morgan fingerprint density at radius 1 is 0.889 bits per heavy atom. The summed E-state index contributed by atoms with van der Waals surface area (Å²) < 4.78 is 0. The van der Waals surface area contributed by atoms with E-state index in [0.29, 0.717) is 23.5 Å². The number of amides is 2. The van der Waals surface area contributed by atoms with Crippen LogP contribution in [-0.2, 0) is 9.59 Å². The first-order valence-corrected chi connectivity index (χ1v) is 14.8. The Balaban J connectivity index is 0.000000174. The number of nitrogens with zero attached hydrogens (tertiary/aromatic N) is 3. The molecule has 2 saturated carbocycles. The molecule has 0 N–H and O–H groups in total. The minimum Gasteiger partial charge on any atom is -0.340 e. The van der Waals surface area contributed by atoms with Crippen LogP contribution in [0.2, 0.25) is 0 Å². The Labute approximate surface area is 220 Å². The molecule has 1 aromatic carbocycles. The van der Waals surface area contributed by atoms with Crippen LogP contribution in [0.3, 0.4) is 0 Å². The first-order valence-electron chi connectivity index (χ1n) is 14.8. The minimum absolute atomic E-state index is 0.377. The summed E-state index contributed by atoms with van der Waals surface area (Å²) in [7, 11) is 2.31. The monoisotopic (exact) mass is 497 g/mol. The Morgan fingerprint density at radius 3 is 2.08 bits per heavy atom. The fourth-order valence-electron chi connectivity index (χ4n) is 6.30. The fourth-order valence-corrected chi connectivity index (χ4v) is 6.30. The van der Waals surface area contributed by atoms with E-state index in [4.69, 9.17) is 0 Å². The molecule has 0 radical (unpaired) electrons. The molecule has 2 aliphatic carbocycles. The van der Waals surface area contributed by atoms with Gasteiger partial charge in [0, 0.05) is 43.7 Å². The first kappa shape index (κ1) is 28.7. The summed E-state index contributed by atoms with van der Waals surface area (Å²) >= 11 is 0. The largest absolute Gasteiger partial charge is 0.340 e. The molecule has 3 aliphatic heterocycles. The number of carbonyl (C=O) groups excluding carboxylic acids is 2. The van der Waals surface area contributed by atoms with Gasteiger partial charge in [0.1, 0.15) is 0 Å². The second-order valence-corrected chi connectivity index (χ2v) is 11.2. The normalized spacial score (nSPS) is 26.2. The average Bonchev–Trinajstić information content (AvgIpc) is 3.32. The van der Waals surface area contributed by atoms with Crippen LogP contribution >= 0.6 is 0 Å². The molecule has 1 spiro atoms. The molecule has 3 saturated heterocycles. The van der Waals surface area contributed by atoms with Crippen molar-refractivity contribution in [2.45, 2.75) is 115 Å². The fraction of sp³-hybridized carbons (Fsp3) is 0.742. The molecule has 6 rings (SSSR count). The molecule has 5 fully saturated rings. The number of hydrogen-bond donors (Lipinski definition) is 0. The Hall–Kier alpha value is -1.88. The third kappa shape index (κ3) is 8.06. The highest BCUT2D eigenvalue weighted by molar-refractivity contribution is 5.76. The lowest BCUT2D eigenvalue weighted by molar-refractivity contribution is -0.133. The number of likely N-dealkylation sites (tertiary alicyclic amines) is 1. The van der Waals surface area contributed by atoms with Gasteiger partial charge in [-0.3, -0.25) is 9.59 Å². The van der Waals surface area contributed by atoms with E-state index in [1.165, 1.54) is 77.2 Å². The molecule has 202 valence electrons. The topological polar surface area (TPSA) is 43.9 Å². The molecule has 5 nitrogen and oxygen atoms in total. The quantitative estimate of drug-likeness (QED) is 0.470. The van der Waals surface area contributed by atoms with Crippen molar-refractivity contribution in [3.05, 3.63) is 36.4 Å². The summed E-state index contributed by atoms with van der Waals surface area (Å²) in [5, 5.41) is 0. The minimum atomic E-state index is 0.377. The van der Waals surface area contributed by atoms with Crippen LogP contribution < -0.4 is 0 Å². The van der Waals surface area contributed by atoms with Crippen LogP contribution in [0.4, 0.5) is 0 Å². The van der Waals surface area contributed by atoms with Gasteiger partial charge in [-0.2, -0.15) is 0 Å². The highest BCUT2D eigenvalue weighted by Crippen LogP contribution is 2.48. The van der Waals surface area contributed by atoms with Gasteiger partial charge < -0.3 is 14.7 Å². The Bertz CT molecular complexity index is 736. The highest BCUT2D eigenvalue weighted by Gasteiger charge is 2.50. The Kier molecular flexibility index (Phi) is 11.8. The molecular formula is C31H51N3O2. The van der Waals surface area contributed by atoms with Gasteiger partial charge in [-0.15, -0.1) is 0 Å². The first-order chi connectivity index (χ1) is 17.6. The zero-order valence-electron chi connectivity index (χ0n) is 23.2. The zero-order valence-corrected chi connectivity index (χ0v) is 23.2. The van der Waals surface area contributed by atoms with E-state index in [1.54, 1.807) is 0 Å². The maximum atomic E-state index is 12.1. The van der Waals surface area contributed by atoms with Gasteiger partial charge in [0.2, 0.25) is 12.3 Å². The summed E-state index contributed by atoms with van der Waals surface area (Å²) in [6, 6.07) is 13.3. The van der Waals surface area contributed by atoms with Crippen molar-refractivity contribution in [3.8, 4) is 0 Å². The van der Waals surface area contributed by atoms with Crippen molar-refractivity contribution >= 4 is 12.3 Å². The average molecular weight is 498 g/mol. The molecule has 1 aromatic rings.